The Hall–Kier alpha value is -0.580. The molecule has 1 rings (SSSR count). The first-order valence-electron chi connectivity index (χ1n) is 4.30. The second-order valence-corrected chi connectivity index (χ2v) is 4.92. The van der Waals surface area contributed by atoms with E-state index < -0.39 is 10.1 Å². The van der Waals surface area contributed by atoms with Gasteiger partial charge in [0, 0.05) is 0 Å². The minimum absolute atomic E-state index is 0. The molecule has 0 heterocycles. The van der Waals surface area contributed by atoms with Gasteiger partial charge in [-0.1, -0.05) is 6.07 Å². The first-order chi connectivity index (χ1) is 6.25. The van der Waals surface area contributed by atoms with Crippen molar-refractivity contribution in [3.05, 3.63) is 28.3 Å². The fraction of sp³-hybridized carbons (Fsp3) is 0.400. The molecular weight excluding hydrogens is 236 g/mol. The van der Waals surface area contributed by atoms with E-state index in [0.29, 0.717) is 11.1 Å². The summed E-state index contributed by atoms with van der Waals surface area (Å²) in [6, 6.07) is 1.92. The highest BCUT2D eigenvalue weighted by Crippen LogP contribution is 2.25. The second kappa shape index (κ2) is 4.51. The molecule has 0 atom stereocenters. The van der Waals surface area contributed by atoms with Crippen LogP contribution in [-0.4, -0.2) is 13.0 Å². The molecule has 0 aromatic heterocycles. The Kier molecular flexibility index (Phi) is 4.34. The largest absolute Gasteiger partial charge is 0.295 e. The molecule has 0 aliphatic heterocycles. The quantitative estimate of drug-likeness (QED) is 0.780. The Balaban J connectivity index is 0.00000196. The van der Waals surface area contributed by atoms with Gasteiger partial charge in [-0.25, -0.2) is 0 Å². The molecule has 0 aliphatic rings. The van der Waals surface area contributed by atoms with E-state index in [-0.39, 0.29) is 17.3 Å². The maximum atomic E-state index is 11.1. The molecule has 0 aliphatic carbocycles. The van der Waals surface area contributed by atoms with Crippen molar-refractivity contribution in [3.8, 4) is 0 Å². The molecule has 0 fully saturated rings. The molecule has 15 heavy (non-hydrogen) atoms. The van der Waals surface area contributed by atoms with Gasteiger partial charge in [0.25, 0.3) is 10.1 Å². The van der Waals surface area contributed by atoms with Crippen LogP contribution in [0.4, 0.5) is 0 Å². The lowest BCUT2D eigenvalue weighted by Gasteiger charge is -2.12. The minimum atomic E-state index is -4.11. The van der Waals surface area contributed by atoms with Gasteiger partial charge in [0.05, 0.1) is 0 Å². The SMILES string of the molecule is Cc1cc(C)c(C)c(S(=O)(=O)O)c1C.Cl. The summed E-state index contributed by atoms with van der Waals surface area (Å²) in [7, 11) is -4.11. The van der Waals surface area contributed by atoms with Crippen LogP contribution in [0.3, 0.4) is 0 Å². The van der Waals surface area contributed by atoms with E-state index in [2.05, 4.69) is 0 Å². The van der Waals surface area contributed by atoms with Crippen molar-refractivity contribution in [2.75, 3.05) is 0 Å². The predicted octanol–water partition coefficient (Wildman–Crippen LogP) is 2.59. The van der Waals surface area contributed by atoms with Crippen LogP contribution in [-0.2, 0) is 10.1 Å². The van der Waals surface area contributed by atoms with E-state index in [9.17, 15) is 8.42 Å². The van der Waals surface area contributed by atoms with E-state index in [1.807, 2.05) is 19.9 Å². The molecule has 86 valence electrons. The number of aryl methyl sites for hydroxylation is 2. The van der Waals surface area contributed by atoms with Crippen LogP contribution in [0.2, 0.25) is 0 Å². The molecule has 0 bridgehead atoms. The van der Waals surface area contributed by atoms with Crippen LogP contribution < -0.4 is 0 Å². The molecular formula is C10H15ClO3S. The molecule has 1 aromatic rings. The van der Waals surface area contributed by atoms with Crippen molar-refractivity contribution < 1.29 is 13.0 Å². The van der Waals surface area contributed by atoms with Crippen molar-refractivity contribution in [1.82, 2.24) is 0 Å². The zero-order valence-corrected chi connectivity index (χ0v) is 10.8. The lowest BCUT2D eigenvalue weighted by atomic mass is 10.0. The molecule has 5 heteroatoms. The van der Waals surface area contributed by atoms with E-state index in [0.717, 1.165) is 11.1 Å². The number of hydrogen-bond donors (Lipinski definition) is 1. The Bertz CT molecular complexity index is 452. The highest BCUT2D eigenvalue weighted by Gasteiger charge is 2.18. The fourth-order valence-corrected chi connectivity index (χ4v) is 2.66. The monoisotopic (exact) mass is 250 g/mol. The molecule has 3 nitrogen and oxygen atoms in total. The van der Waals surface area contributed by atoms with E-state index >= 15 is 0 Å². The minimum Gasteiger partial charge on any atom is -0.282 e. The smallest absolute Gasteiger partial charge is 0.282 e. The lowest BCUT2D eigenvalue weighted by molar-refractivity contribution is 0.481. The van der Waals surface area contributed by atoms with Crippen molar-refractivity contribution in [3.63, 3.8) is 0 Å². The van der Waals surface area contributed by atoms with Crippen LogP contribution in [0.25, 0.3) is 0 Å². The maximum Gasteiger partial charge on any atom is 0.295 e. The normalized spacial score (nSPS) is 11.0. The topological polar surface area (TPSA) is 54.4 Å². The molecule has 0 radical (unpaired) electrons. The van der Waals surface area contributed by atoms with Crippen molar-refractivity contribution in [2.45, 2.75) is 32.6 Å². The summed E-state index contributed by atoms with van der Waals surface area (Å²) in [6.45, 7) is 7.06. The Morgan fingerprint density at radius 2 is 1.33 bits per heavy atom. The average molecular weight is 251 g/mol. The zero-order valence-electron chi connectivity index (χ0n) is 9.16. The van der Waals surface area contributed by atoms with Crippen LogP contribution in [0.15, 0.2) is 11.0 Å². The van der Waals surface area contributed by atoms with Gasteiger partial charge in [-0.15, -0.1) is 12.4 Å². The Morgan fingerprint density at radius 3 is 1.60 bits per heavy atom. The molecule has 0 spiro atoms. The van der Waals surface area contributed by atoms with Gasteiger partial charge >= 0.3 is 0 Å². The molecule has 0 saturated heterocycles. The third kappa shape index (κ3) is 2.71. The number of benzene rings is 1. The van der Waals surface area contributed by atoms with Crippen molar-refractivity contribution in [1.29, 1.82) is 0 Å². The number of rotatable bonds is 1. The van der Waals surface area contributed by atoms with E-state index in [1.54, 1.807) is 13.8 Å². The highest BCUT2D eigenvalue weighted by molar-refractivity contribution is 7.86. The summed E-state index contributed by atoms with van der Waals surface area (Å²) in [6.07, 6.45) is 0. The van der Waals surface area contributed by atoms with Crippen molar-refractivity contribution in [2.24, 2.45) is 0 Å². The fourth-order valence-electron chi connectivity index (χ4n) is 1.57. The summed E-state index contributed by atoms with van der Waals surface area (Å²) in [5, 5.41) is 0. The molecule has 1 N–H and O–H groups in total. The van der Waals surface area contributed by atoms with Gasteiger partial charge < -0.3 is 0 Å². The van der Waals surface area contributed by atoms with Gasteiger partial charge in [0.15, 0.2) is 0 Å². The van der Waals surface area contributed by atoms with E-state index in [1.165, 1.54) is 0 Å². The third-order valence-electron chi connectivity index (χ3n) is 2.56. The molecule has 1 aromatic carbocycles. The third-order valence-corrected chi connectivity index (χ3v) is 3.68. The van der Waals surface area contributed by atoms with Crippen LogP contribution in [0, 0.1) is 27.7 Å². The Labute approximate surface area is 96.7 Å². The van der Waals surface area contributed by atoms with E-state index in [4.69, 9.17) is 4.55 Å². The van der Waals surface area contributed by atoms with Gasteiger partial charge in [0.2, 0.25) is 0 Å². The van der Waals surface area contributed by atoms with Gasteiger partial charge in [0.1, 0.15) is 4.90 Å². The highest BCUT2D eigenvalue weighted by atomic mass is 35.5. The second-order valence-electron chi connectivity index (χ2n) is 3.56. The average Bonchev–Trinajstić information content (AvgIpc) is 1.98. The first-order valence-corrected chi connectivity index (χ1v) is 5.74. The number of halogens is 1. The molecule has 0 unspecified atom stereocenters. The molecule has 0 saturated carbocycles. The Morgan fingerprint density at radius 1 is 1.00 bits per heavy atom. The summed E-state index contributed by atoms with van der Waals surface area (Å²) in [4.78, 5) is 0.0509. The summed E-state index contributed by atoms with van der Waals surface area (Å²) in [5.74, 6) is 0. The summed E-state index contributed by atoms with van der Waals surface area (Å²) < 4.78 is 31.3. The van der Waals surface area contributed by atoms with Gasteiger partial charge in [-0.05, 0) is 49.9 Å². The summed E-state index contributed by atoms with van der Waals surface area (Å²) in [5.41, 5.74) is 2.99. The maximum absolute atomic E-state index is 11.1. The number of hydrogen-bond acceptors (Lipinski definition) is 2. The molecule has 0 amide bonds. The summed E-state index contributed by atoms with van der Waals surface area (Å²) >= 11 is 0. The lowest BCUT2D eigenvalue weighted by Crippen LogP contribution is -2.06. The first kappa shape index (κ1) is 14.4. The predicted molar refractivity (Wildman–Crippen MR) is 62.5 cm³/mol. The standard InChI is InChI=1S/C10H14O3S.ClH/c1-6-5-7(2)9(4)10(8(6)3)14(11,12)13;/h5H,1-4H3,(H,11,12,13);1H. The van der Waals surface area contributed by atoms with Gasteiger partial charge in [-0.2, -0.15) is 8.42 Å². The van der Waals surface area contributed by atoms with Crippen LogP contribution in [0.1, 0.15) is 22.3 Å². The van der Waals surface area contributed by atoms with Crippen molar-refractivity contribution >= 4 is 22.5 Å². The van der Waals surface area contributed by atoms with Crippen LogP contribution in [0.5, 0.6) is 0 Å². The van der Waals surface area contributed by atoms with Gasteiger partial charge in [-0.3, -0.25) is 4.55 Å². The van der Waals surface area contributed by atoms with Crippen LogP contribution >= 0.6 is 12.4 Å². The zero-order chi connectivity index (χ0) is 11.1.